The second-order valence-corrected chi connectivity index (χ2v) is 5.57. The Morgan fingerprint density at radius 3 is 2.25 bits per heavy atom. The van der Waals surface area contributed by atoms with Crippen molar-refractivity contribution in [2.24, 2.45) is 0 Å². The number of benzene rings is 1. The third-order valence-electron chi connectivity index (χ3n) is 1.44. The van der Waals surface area contributed by atoms with Gasteiger partial charge in [-0.2, -0.15) is 0 Å². The average molecular weight is 370 g/mol. The van der Waals surface area contributed by atoms with Crippen molar-refractivity contribution < 1.29 is 9.90 Å². The minimum atomic E-state index is -0.911. The van der Waals surface area contributed by atoms with Crippen LogP contribution in [0, 0.1) is 0 Å². The van der Waals surface area contributed by atoms with Crippen LogP contribution in [0.2, 0.25) is 0 Å². The van der Waals surface area contributed by atoms with Crippen LogP contribution < -0.4 is 0 Å². The van der Waals surface area contributed by atoms with E-state index in [1.54, 1.807) is 6.07 Å². The summed E-state index contributed by atoms with van der Waals surface area (Å²) >= 11 is 7.96. The maximum absolute atomic E-state index is 10.8. The maximum atomic E-state index is 10.8. The molecule has 2 nitrogen and oxygen atoms in total. The van der Waals surface area contributed by atoms with Crippen LogP contribution in [-0.2, 0) is 0 Å². The highest BCUT2D eigenvalue weighted by Gasteiger charge is 2.13. The molecule has 0 aliphatic rings. The predicted molar refractivity (Wildman–Crippen MR) is 76.5 cm³/mol. The molecule has 90 valence electrons. The van der Waals surface area contributed by atoms with Gasteiger partial charge in [-0.05, 0) is 34.3 Å². The first-order valence-corrected chi connectivity index (χ1v) is 7.55. The Kier molecular flexibility index (Phi) is 8.14. The lowest BCUT2D eigenvalue weighted by Gasteiger charge is -2.05. The summed E-state index contributed by atoms with van der Waals surface area (Å²) in [7, 11) is 0. The molecule has 1 N–H and O–H groups in total. The van der Waals surface area contributed by atoms with Crippen LogP contribution in [-0.4, -0.2) is 17.3 Å². The highest BCUT2D eigenvalue weighted by molar-refractivity contribution is 9.11. The third kappa shape index (κ3) is 4.89. The minimum Gasteiger partial charge on any atom is -0.478 e. The van der Waals surface area contributed by atoms with Gasteiger partial charge in [-0.25, -0.2) is 4.79 Å². The van der Waals surface area contributed by atoms with Crippen molar-refractivity contribution in [1.82, 2.24) is 0 Å². The molecule has 0 aliphatic heterocycles. The molecule has 0 saturated heterocycles. The minimum absolute atomic E-state index is 0.314. The molecule has 0 bridgehead atoms. The molecule has 1 aromatic carbocycles. The van der Waals surface area contributed by atoms with Crippen LogP contribution >= 0.6 is 43.6 Å². The molecule has 0 saturated carbocycles. The monoisotopic (exact) mass is 368 g/mol. The molecule has 0 radical (unpaired) electrons. The van der Waals surface area contributed by atoms with Crippen LogP contribution in [0.25, 0.3) is 0 Å². The molecule has 0 atom stereocenters. The van der Waals surface area contributed by atoms with E-state index in [4.69, 9.17) is 5.11 Å². The number of carboxylic acid groups (broad SMARTS) is 1. The summed E-state index contributed by atoms with van der Waals surface area (Å²) in [4.78, 5) is 11.6. The van der Waals surface area contributed by atoms with Crippen LogP contribution in [0.5, 0.6) is 0 Å². The Labute approximate surface area is 117 Å². The Balaban J connectivity index is 0.000000673. The molecule has 0 amide bonds. The second kappa shape index (κ2) is 8.14. The SMILES string of the molecule is CCC.CSc1c(Br)cc(Br)cc1C(=O)O. The summed E-state index contributed by atoms with van der Waals surface area (Å²) in [5, 5.41) is 8.89. The fraction of sp³-hybridized carbons (Fsp3) is 0.364. The topological polar surface area (TPSA) is 37.3 Å². The van der Waals surface area contributed by atoms with E-state index in [0.717, 1.165) is 13.8 Å². The highest BCUT2D eigenvalue weighted by atomic mass is 79.9. The number of carboxylic acids is 1. The number of aromatic carboxylic acids is 1. The summed E-state index contributed by atoms with van der Waals surface area (Å²) in [6.45, 7) is 4.25. The molecule has 0 spiro atoms. The van der Waals surface area contributed by atoms with Gasteiger partial charge in [0.1, 0.15) is 0 Å². The fourth-order valence-electron chi connectivity index (χ4n) is 0.927. The average Bonchev–Trinajstić information content (AvgIpc) is 2.17. The van der Waals surface area contributed by atoms with E-state index < -0.39 is 5.97 Å². The number of halogens is 2. The largest absolute Gasteiger partial charge is 0.478 e. The zero-order valence-corrected chi connectivity index (χ0v) is 13.4. The van der Waals surface area contributed by atoms with Crippen LogP contribution in [0.4, 0.5) is 0 Å². The van der Waals surface area contributed by atoms with Crippen molar-refractivity contribution in [2.75, 3.05) is 6.26 Å². The number of rotatable bonds is 2. The van der Waals surface area contributed by atoms with Gasteiger partial charge in [-0.3, -0.25) is 0 Å². The van der Waals surface area contributed by atoms with E-state index in [-0.39, 0.29) is 0 Å². The number of hydrogen-bond acceptors (Lipinski definition) is 2. The van der Waals surface area contributed by atoms with Gasteiger partial charge in [0.2, 0.25) is 0 Å². The van der Waals surface area contributed by atoms with E-state index in [1.807, 2.05) is 12.3 Å². The molecular weight excluding hydrogens is 356 g/mol. The standard InChI is InChI=1S/C8H6Br2O2S.C3H8/c1-13-7-5(8(11)12)2-4(9)3-6(7)10;1-3-2/h2-3H,1H3,(H,11,12);3H2,1-2H3. The molecular formula is C11H14Br2O2S. The first-order chi connectivity index (χ1) is 7.47. The normalized spacial score (nSPS) is 9.31. The molecule has 16 heavy (non-hydrogen) atoms. The van der Waals surface area contributed by atoms with Crippen molar-refractivity contribution in [1.29, 1.82) is 0 Å². The van der Waals surface area contributed by atoms with E-state index in [9.17, 15) is 4.79 Å². The van der Waals surface area contributed by atoms with Crippen molar-refractivity contribution in [3.8, 4) is 0 Å². The van der Waals surface area contributed by atoms with Crippen LogP contribution in [0.1, 0.15) is 30.6 Å². The molecule has 0 heterocycles. The summed E-state index contributed by atoms with van der Waals surface area (Å²) in [6, 6.07) is 3.43. The lowest BCUT2D eigenvalue weighted by molar-refractivity contribution is 0.0693. The molecule has 5 heteroatoms. The van der Waals surface area contributed by atoms with Gasteiger partial charge >= 0.3 is 5.97 Å². The Bertz CT molecular complexity index is 367. The fourth-order valence-corrected chi connectivity index (χ4v) is 3.26. The van der Waals surface area contributed by atoms with Gasteiger partial charge in [0.25, 0.3) is 0 Å². The Morgan fingerprint density at radius 2 is 1.88 bits per heavy atom. The van der Waals surface area contributed by atoms with Gasteiger partial charge in [-0.1, -0.05) is 36.2 Å². The first kappa shape index (κ1) is 16.0. The number of hydrogen-bond donors (Lipinski definition) is 1. The van der Waals surface area contributed by atoms with Crippen LogP contribution in [0.15, 0.2) is 26.0 Å². The van der Waals surface area contributed by atoms with Crippen molar-refractivity contribution in [3.05, 3.63) is 26.6 Å². The zero-order valence-electron chi connectivity index (χ0n) is 9.38. The van der Waals surface area contributed by atoms with E-state index in [1.165, 1.54) is 18.2 Å². The highest BCUT2D eigenvalue weighted by Crippen LogP contribution is 2.32. The first-order valence-electron chi connectivity index (χ1n) is 4.74. The molecule has 0 unspecified atom stereocenters. The van der Waals surface area contributed by atoms with Crippen LogP contribution in [0.3, 0.4) is 0 Å². The molecule has 1 rings (SSSR count). The van der Waals surface area contributed by atoms with Gasteiger partial charge in [0, 0.05) is 13.8 Å². The third-order valence-corrected chi connectivity index (χ3v) is 3.64. The van der Waals surface area contributed by atoms with Gasteiger partial charge in [0.15, 0.2) is 0 Å². The maximum Gasteiger partial charge on any atom is 0.336 e. The quantitative estimate of drug-likeness (QED) is 0.741. The van der Waals surface area contributed by atoms with E-state index >= 15 is 0 Å². The summed E-state index contributed by atoms with van der Waals surface area (Å²) in [5.74, 6) is -0.911. The number of carbonyl (C=O) groups is 1. The van der Waals surface area contributed by atoms with Crippen molar-refractivity contribution >= 4 is 49.6 Å². The second-order valence-electron chi connectivity index (χ2n) is 2.98. The van der Waals surface area contributed by atoms with Crippen molar-refractivity contribution in [2.45, 2.75) is 25.2 Å². The summed E-state index contributed by atoms with van der Waals surface area (Å²) < 4.78 is 1.56. The molecule has 0 aromatic heterocycles. The molecule has 0 aliphatic carbocycles. The van der Waals surface area contributed by atoms with E-state index in [2.05, 4.69) is 45.7 Å². The van der Waals surface area contributed by atoms with E-state index in [0.29, 0.717) is 5.56 Å². The Morgan fingerprint density at radius 1 is 1.38 bits per heavy atom. The molecule has 0 fully saturated rings. The van der Waals surface area contributed by atoms with Gasteiger partial charge in [0.05, 0.1) is 5.56 Å². The smallest absolute Gasteiger partial charge is 0.336 e. The molecule has 1 aromatic rings. The predicted octanol–water partition coefficient (Wildman–Crippen LogP) is 5.05. The number of thioether (sulfide) groups is 1. The van der Waals surface area contributed by atoms with Gasteiger partial charge < -0.3 is 5.11 Å². The lowest BCUT2D eigenvalue weighted by Crippen LogP contribution is -1.99. The van der Waals surface area contributed by atoms with Crippen molar-refractivity contribution in [3.63, 3.8) is 0 Å². The van der Waals surface area contributed by atoms with Gasteiger partial charge in [-0.15, -0.1) is 11.8 Å². The zero-order chi connectivity index (χ0) is 12.7. The Hall–Kier alpha value is -0.000000000000000111. The summed E-state index contributed by atoms with van der Waals surface area (Å²) in [5.41, 5.74) is 0.314. The summed E-state index contributed by atoms with van der Waals surface area (Å²) in [6.07, 6.45) is 3.10. The lowest BCUT2D eigenvalue weighted by atomic mass is 10.2.